The molecule has 0 saturated carbocycles. The highest BCUT2D eigenvalue weighted by molar-refractivity contribution is 6.28. The Morgan fingerprint density at radius 3 is 1.15 bits per heavy atom. The molecule has 4 heterocycles. The molecule has 0 radical (unpaired) electrons. The Kier molecular flexibility index (Phi) is 7.69. The molecule has 0 bridgehead atoms. The second-order valence-electron chi connectivity index (χ2n) is 15.8. The lowest BCUT2D eigenvalue weighted by Gasteiger charge is -2.27. The molecule has 8 nitrogen and oxygen atoms in total. The molecule has 8 heteroatoms. The SMILES string of the molecule is c1ccc(N(c2ccc3c(c2)OCCO3)c2ccc3cc4c(cc3c2)oc2ccc3oc5cc6cc(N(c7ccccc7)c7ccc8c(c7)OCCO8)ccc6cc5c3c24)cc1. The van der Waals surface area contributed by atoms with Gasteiger partial charge in [-0.3, -0.25) is 0 Å². The van der Waals surface area contributed by atoms with Crippen LogP contribution in [0.2, 0.25) is 0 Å². The van der Waals surface area contributed by atoms with E-state index in [1.54, 1.807) is 0 Å². The van der Waals surface area contributed by atoms with Crippen LogP contribution in [-0.4, -0.2) is 26.4 Å². The Hall–Kier alpha value is -8.10. The number of hydrogen-bond donors (Lipinski definition) is 0. The molecule has 0 spiro atoms. The van der Waals surface area contributed by atoms with Crippen molar-refractivity contribution in [3.63, 3.8) is 0 Å². The first kappa shape index (κ1) is 34.7. The lowest BCUT2D eigenvalue weighted by molar-refractivity contribution is 0.171. The Labute approximate surface area is 355 Å². The Balaban J connectivity index is 0.923. The molecule has 0 N–H and O–H groups in total. The summed E-state index contributed by atoms with van der Waals surface area (Å²) in [6, 6.07) is 59.1. The molecular formula is C54H36N2O6. The van der Waals surface area contributed by atoms with Gasteiger partial charge in [0, 0.05) is 56.4 Å². The number of furan rings is 2. The van der Waals surface area contributed by atoms with Gasteiger partial charge in [-0.2, -0.15) is 0 Å². The van der Waals surface area contributed by atoms with Crippen molar-refractivity contribution in [1.82, 2.24) is 0 Å². The van der Waals surface area contributed by atoms with Crippen molar-refractivity contribution >= 4 is 99.5 Å². The summed E-state index contributed by atoms with van der Waals surface area (Å²) in [7, 11) is 0. The summed E-state index contributed by atoms with van der Waals surface area (Å²) < 4.78 is 37.0. The van der Waals surface area contributed by atoms with Crippen molar-refractivity contribution < 1.29 is 27.8 Å². The third kappa shape index (κ3) is 5.60. The van der Waals surface area contributed by atoms with E-state index in [1.165, 1.54) is 0 Å². The summed E-state index contributed by atoms with van der Waals surface area (Å²) in [4.78, 5) is 4.49. The third-order valence-corrected chi connectivity index (χ3v) is 12.1. The van der Waals surface area contributed by atoms with E-state index < -0.39 is 0 Å². The van der Waals surface area contributed by atoms with E-state index in [4.69, 9.17) is 27.8 Å². The van der Waals surface area contributed by atoms with Gasteiger partial charge in [0.2, 0.25) is 0 Å². The zero-order chi connectivity index (χ0) is 40.7. The van der Waals surface area contributed by atoms with Gasteiger partial charge in [-0.1, -0.05) is 48.5 Å². The summed E-state index contributed by atoms with van der Waals surface area (Å²) >= 11 is 0. The minimum atomic E-state index is 0.530. The Bertz CT molecular complexity index is 3320. The van der Waals surface area contributed by atoms with Crippen LogP contribution in [0.5, 0.6) is 23.0 Å². The number of rotatable bonds is 6. The van der Waals surface area contributed by atoms with Crippen molar-refractivity contribution in [2.45, 2.75) is 0 Å². The fourth-order valence-corrected chi connectivity index (χ4v) is 9.26. The van der Waals surface area contributed by atoms with Crippen LogP contribution in [0.3, 0.4) is 0 Å². The first-order chi connectivity index (χ1) is 30.7. The molecule has 0 amide bonds. The van der Waals surface area contributed by atoms with Gasteiger partial charge >= 0.3 is 0 Å². The largest absolute Gasteiger partial charge is 0.486 e. The first-order valence-electron chi connectivity index (χ1n) is 20.9. The molecule has 0 saturated heterocycles. The summed E-state index contributed by atoms with van der Waals surface area (Å²) in [6.07, 6.45) is 0. The highest BCUT2D eigenvalue weighted by Gasteiger charge is 2.22. The van der Waals surface area contributed by atoms with E-state index in [2.05, 4.69) is 143 Å². The van der Waals surface area contributed by atoms with E-state index in [-0.39, 0.29) is 0 Å². The van der Waals surface area contributed by atoms with Gasteiger partial charge in [0.15, 0.2) is 23.0 Å². The molecule has 9 aromatic carbocycles. The van der Waals surface area contributed by atoms with Gasteiger partial charge < -0.3 is 37.6 Å². The fraction of sp³-hybridized carbons (Fsp3) is 0.0741. The molecule has 0 unspecified atom stereocenters. The van der Waals surface area contributed by atoms with Crippen molar-refractivity contribution in [2.24, 2.45) is 0 Å². The molecule has 62 heavy (non-hydrogen) atoms. The smallest absolute Gasteiger partial charge is 0.163 e. The van der Waals surface area contributed by atoms with Gasteiger partial charge in [-0.05, 0) is 131 Å². The zero-order valence-corrected chi connectivity index (χ0v) is 33.3. The molecule has 0 atom stereocenters. The minimum absolute atomic E-state index is 0.530. The Morgan fingerprint density at radius 1 is 0.290 bits per heavy atom. The highest BCUT2D eigenvalue weighted by atomic mass is 16.6. The maximum absolute atomic E-state index is 6.66. The maximum atomic E-state index is 6.66. The van der Waals surface area contributed by atoms with Crippen LogP contribution in [0.15, 0.2) is 179 Å². The molecule has 2 aliphatic heterocycles. The number of benzene rings is 9. The maximum Gasteiger partial charge on any atom is 0.163 e. The third-order valence-electron chi connectivity index (χ3n) is 12.1. The molecule has 0 aliphatic carbocycles. The second-order valence-corrected chi connectivity index (χ2v) is 15.8. The van der Waals surface area contributed by atoms with Crippen LogP contribution >= 0.6 is 0 Å². The summed E-state index contributed by atoms with van der Waals surface area (Å²) in [5, 5.41) is 8.57. The number of hydrogen-bond acceptors (Lipinski definition) is 8. The molecule has 2 aliphatic rings. The molecule has 13 rings (SSSR count). The summed E-state index contributed by atoms with van der Waals surface area (Å²) in [5.74, 6) is 3.02. The highest BCUT2D eigenvalue weighted by Crippen LogP contribution is 2.46. The van der Waals surface area contributed by atoms with E-state index >= 15 is 0 Å². The predicted molar refractivity (Wildman–Crippen MR) is 247 cm³/mol. The van der Waals surface area contributed by atoms with Crippen LogP contribution in [0.1, 0.15) is 0 Å². The lowest BCUT2D eigenvalue weighted by atomic mass is 10.0. The number of anilines is 6. The molecule has 11 aromatic rings. The second kappa shape index (κ2) is 13.7. The van der Waals surface area contributed by atoms with Gasteiger partial charge in [0.05, 0.1) is 11.4 Å². The quantitative estimate of drug-likeness (QED) is 0.164. The summed E-state index contributed by atoms with van der Waals surface area (Å²) in [6.45, 7) is 2.16. The van der Waals surface area contributed by atoms with Crippen LogP contribution in [0.4, 0.5) is 34.1 Å². The van der Waals surface area contributed by atoms with Crippen molar-refractivity contribution in [3.05, 3.63) is 170 Å². The van der Waals surface area contributed by atoms with Crippen LogP contribution in [0.25, 0.3) is 65.4 Å². The topological polar surface area (TPSA) is 69.7 Å². The predicted octanol–water partition coefficient (Wildman–Crippen LogP) is 14.3. The standard InChI is InChI=1S/C54H36N2O6/c1-3-7-37(8-4-1)55(41-15-17-45-51(31-41)59-23-21-57-45)39-13-11-33-27-43-49(29-35(33)25-39)61-47-19-20-48-54(53(43)47)44-28-34-12-14-40(26-36(34)30-50(44)62-48)56(38-9-5-2-6-10-38)42-16-18-46-52(32-42)60-24-22-58-46/h1-20,25-32H,21-24H2. The average molecular weight is 809 g/mol. The summed E-state index contributed by atoms with van der Waals surface area (Å²) in [5.41, 5.74) is 9.37. The van der Waals surface area contributed by atoms with Crippen LogP contribution in [-0.2, 0) is 0 Å². The van der Waals surface area contributed by atoms with E-state index in [1.807, 2.05) is 36.4 Å². The number of nitrogens with zero attached hydrogens (tertiary/aromatic N) is 2. The van der Waals surface area contributed by atoms with Gasteiger partial charge in [-0.25, -0.2) is 0 Å². The van der Waals surface area contributed by atoms with Crippen LogP contribution in [0, 0.1) is 0 Å². The van der Waals surface area contributed by atoms with E-state index in [9.17, 15) is 0 Å². The zero-order valence-electron chi connectivity index (χ0n) is 33.3. The molecular weight excluding hydrogens is 773 g/mol. The normalized spacial score (nSPS) is 13.4. The van der Waals surface area contributed by atoms with E-state index in [0.29, 0.717) is 26.4 Å². The average Bonchev–Trinajstić information content (AvgIpc) is 3.87. The van der Waals surface area contributed by atoms with Gasteiger partial charge in [0.25, 0.3) is 0 Å². The Morgan fingerprint density at radius 2 is 0.694 bits per heavy atom. The monoisotopic (exact) mass is 808 g/mol. The first-order valence-corrected chi connectivity index (χ1v) is 20.9. The molecule has 2 aromatic heterocycles. The van der Waals surface area contributed by atoms with Gasteiger partial charge in [0.1, 0.15) is 48.8 Å². The molecule has 0 fully saturated rings. The number of fused-ring (bicyclic) bond motifs is 11. The van der Waals surface area contributed by atoms with E-state index in [0.717, 1.165) is 123 Å². The fourth-order valence-electron chi connectivity index (χ4n) is 9.26. The lowest BCUT2D eigenvalue weighted by Crippen LogP contribution is -2.16. The number of para-hydroxylation sites is 2. The van der Waals surface area contributed by atoms with Gasteiger partial charge in [-0.15, -0.1) is 0 Å². The van der Waals surface area contributed by atoms with Crippen molar-refractivity contribution in [1.29, 1.82) is 0 Å². The van der Waals surface area contributed by atoms with Crippen LogP contribution < -0.4 is 28.7 Å². The van der Waals surface area contributed by atoms with Crippen molar-refractivity contribution in [3.8, 4) is 23.0 Å². The van der Waals surface area contributed by atoms with Crippen molar-refractivity contribution in [2.75, 3.05) is 36.2 Å². The number of ether oxygens (including phenoxy) is 4. The molecule has 298 valence electrons. The minimum Gasteiger partial charge on any atom is -0.486 e.